The van der Waals surface area contributed by atoms with Crippen molar-refractivity contribution < 1.29 is 0 Å². The lowest BCUT2D eigenvalue weighted by molar-refractivity contribution is 1.27. The monoisotopic (exact) mass is 211 g/mol. The molecule has 1 rings (SSSR count). The average molecular weight is 212 g/mol. The molecule has 0 unspecified atom stereocenters. The molecule has 0 N–H and O–H groups in total. The van der Waals surface area contributed by atoms with Crippen LogP contribution in [0.15, 0.2) is 16.6 Å². The average Bonchev–Trinajstić information content (AvgIpc) is 1.99. The molecule has 0 heterocycles. The Hall–Kier alpha value is -0.300. The molecule has 59 valence electrons. The van der Waals surface area contributed by atoms with Gasteiger partial charge in [0.15, 0.2) is 0 Å². The Morgan fingerprint density at radius 2 is 1.91 bits per heavy atom. The van der Waals surface area contributed by atoms with Crippen molar-refractivity contribution in [3.05, 3.63) is 39.7 Å². The van der Waals surface area contributed by atoms with Crippen LogP contribution >= 0.6 is 15.9 Å². The number of halogens is 1. The zero-order valence-corrected chi connectivity index (χ0v) is 8.70. The molecule has 0 saturated carbocycles. The normalized spacial score (nSPS) is 10.2. The quantitative estimate of drug-likeness (QED) is 0.666. The number of hydrogen-bond donors (Lipinski definition) is 0. The number of rotatable bonds is 1. The molecule has 0 aliphatic heterocycles. The molecule has 0 aliphatic carbocycles. The Labute approximate surface area is 76.8 Å². The third-order valence-corrected chi connectivity index (χ3v) is 2.78. The molecule has 0 aliphatic rings. The number of hydrogen-bond acceptors (Lipinski definition) is 0. The Balaban J connectivity index is 3.21. The van der Waals surface area contributed by atoms with Crippen LogP contribution in [0.1, 0.15) is 23.6 Å². The third kappa shape index (κ3) is 1.84. The Bertz CT molecular complexity index is 241. The molecule has 1 aromatic carbocycles. The first-order valence-corrected chi connectivity index (χ1v) is 4.50. The summed E-state index contributed by atoms with van der Waals surface area (Å²) in [7, 11) is 0. The highest BCUT2D eigenvalue weighted by molar-refractivity contribution is 9.10. The van der Waals surface area contributed by atoms with Gasteiger partial charge in [-0.05, 0) is 43.0 Å². The highest BCUT2D eigenvalue weighted by Gasteiger charge is 1.99. The summed E-state index contributed by atoms with van der Waals surface area (Å²) < 4.78 is 1.20. The summed E-state index contributed by atoms with van der Waals surface area (Å²) in [4.78, 5) is 0. The van der Waals surface area contributed by atoms with Gasteiger partial charge < -0.3 is 0 Å². The molecule has 0 saturated heterocycles. The minimum absolute atomic E-state index is 1.20. The van der Waals surface area contributed by atoms with Crippen molar-refractivity contribution in [1.82, 2.24) is 0 Å². The molecule has 0 fully saturated rings. The van der Waals surface area contributed by atoms with E-state index in [0.29, 0.717) is 0 Å². The van der Waals surface area contributed by atoms with E-state index in [0.717, 1.165) is 0 Å². The topological polar surface area (TPSA) is 0 Å². The van der Waals surface area contributed by atoms with Gasteiger partial charge in [-0.2, -0.15) is 0 Å². The fourth-order valence-electron chi connectivity index (χ4n) is 1.01. The van der Waals surface area contributed by atoms with E-state index in [4.69, 9.17) is 0 Å². The predicted octanol–water partition coefficient (Wildman–Crippen LogP) is 3.64. The molecule has 1 radical (unpaired) electrons. The summed E-state index contributed by atoms with van der Waals surface area (Å²) in [5.74, 6) is 0. The van der Waals surface area contributed by atoms with Gasteiger partial charge in [0.2, 0.25) is 0 Å². The molecule has 0 atom stereocenters. The van der Waals surface area contributed by atoms with Crippen LogP contribution < -0.4 is 0 Å². The summed E-state index contributed by atoms with van der Waals surface area (Å²) in [5.41, 5.74) is 3.95. The van der Waals surface area contributed by atoms with Crippen LogP contribution in [-0.2, 0) is 0 Å². The smallest absolute Gasteiger partial charge is 0.0209 e. The van der Waals surface area contributed by atoms with E-state index in [1.807, 2.05) is 0 Å². The van der Waals surface area contributed by atoms with Gasteiger partial charge in [0.25, 0.3) is 0 Å². The first-order chi connectivity index (χ1) is 5.15. The van der Waals surface area contributed by atoms with Crippen molar-refractivity contribution in [2.45, 2.75) is 20.8 Å². The van der Waals surface area contributed by atoms with Crippen LogP contribution in [0.2, 0.25) is 0 Å². The fourth-order valence-corrected chi connectivity index (χ4v) is 1.59. The van der Waals surface area contributed by atoms with Crippen LogP contribution in [-0.4, -0.2) is 0 Å². The van der Waals surface area contributed by atoms with Gasteiger partial charge in [0, 0.05) is 4.47 Å². The summed E-state index contributed by atoms with van der Waals surface area (Å²) in [6, 6.07) is 4.34. The molecule has 0 spiro atoms. The maximum absolute atomic E-state index is 3.52. The highest BCUT2D eigenvalue weighted by atomic mass is 79.9. The minimum Gasteiger partial charge on any atom is -0.0578 e. The Morgan fingerprint density at radius 1 is 1.27 bits per heavy atom. The third-order valence-electron chi connectivity index (χ3n) is 1.96. The van der Waals surface area contributed by atoms with Crippen molar-refractivity contribution in [1.29, 1.82) is 0 Å². The number of benzene rings is 1. The second-order valence-corrected chi connectivity index (χ2v) is 3.59. The Morgan fingerprint density at radius 3 is 2.36 bits per heavy atom. The maximum atomic E-state index is 3.52. The van der Waals surface area contributed by atoms with Crippen molar-refractivity contribution in [2.75, 3.05) is 0 Å². The zero-order valence-electron chi connectivity index (χ0n) is 7.11. The van der Waals surface area contributed by atoms with Crippen molar-refractivity contribution in [2.24, 2.45) is 0 Å². The first-order valence-electron chi connectivity index (χ1n) is 3.71. The first kappa shape index (κ1) is 8.79. The maximum Gasteiger partial charge on any atom is 0.0209 e. The van der Waals surface area contributed by atoms with E-state index < -0.39 is 0 Å². The molecule has 0 aromatic heterocycles. The van der Waals surface area contributed by atoms with Gasteiger partial charge in [-0.3, -0.25) is 0 Å². The van der Waals surface area contributed by atoms with E-state index >= 15 is 0 Å². The lowest BCUT2D eigenvalue weighted by atomic mass is 10.1. The molecule has 0 amide bonds. The van der Waals surface area contributed by atoms with E-state index in [1.54, 1.807) is 0 Å². The summed E-state index contributed by atoms with van der Waals surface area (Å²) in [6.07, 6.45) is 2.11. The SMILES string of the molecule is C[CH]c1cc(C)c(C)c(Br)c1. The molecule has 1 aromatic rings. The summed E-state index contributed by atoms with van der Waals surface area (Å²) in [5, 5.41) is 0. The standard InChI is InChI=1S/C10H12Br/c1-4-9-5-7(2)8(3)10(11)6-9/h4-6H,1-3H3. The van der Waals surface area contributed by atoms with Crippen LogP contribution in [0, 0.1) is 20.3 Å². The van der Waals surface area contributed by atoms with Crippen LogP contribution in [0.25, 0.3) is 0 Å². The van der Waals surface area contributed by atoms with Crippen molar-refractivity contribution in [3.8, 4) is 0 Å². The molecular formula is C10H12Br. The van der Waals surface area contributed by atoms with Gasteiger partial charge in [-0.25, -0.2) is 0 Å². The van der Waals surface area contributed by atoms with Gasteiger partial charge in [0.1, 0.15) is 0 Å². The zero-order chi connectivity index (χ0) is 8.43. The second-order valence-electron chi connectivity index (χ2n) is 2.73. The van der Waals surface area contributed by atoms with Crippen molar-refractivity contribution >= 4 is 15.9 Å². The van der Waals surface area contributed by atoms with Crippen LogP contribution in [0.3, 0.4) is 0 Å². The minimum atomic E-state index is 1.20. The molecule has 1 heteroatoms. The number of aryl methyl sites for hydroxylation is 1. The largest absolute Gasteiger partial charge is 0.0578 e. The van der Waals surface area contributed by atoms with E-state index in [2.05, 4.69) is 55.3 Å². The van der Waals surface area contributed by atoms with Gasteiger partial charge in [0.05, 0.1) is 0 Å². The molecule has 0 bridgehead atoms. The predicted molar refractivity (Wildman–Crippen MR) is 52.7 cm³/mol. The molecule has 0 nitrogen and oxygen atoms in total. The Kier molecular flexibility index (Phi) is 2.72. The van der Waals surface area contributed by atoms with Gasteiger partial charge in [-0.15, -0.1) is 0 Å². The summed E-state index contributed by atoms with van der Waals surface area (Å²) >= 11 is 3.52. The molecule has 11 heavy (non-hydrogen) atoms. The van der Waals surface area contributed by atoms with Gasteiger partial charge >= 0.3 is 0 Å². The van der Waals surface area contributed by atoms with Crippen LogP contribution in [0.4, 0.5) is 0 Å². The van der Waals surface area contributed by atoms with E-state index in [9.17, 15) is 0 Å². The fraction of sp³-hybridized carbons (Fsp3) is 0.300. The van der Waals surface area contributed by atoms with Crippen LogP contribution in [0.5, 0.6) is 0 Å². The van der Waals surface area contributed by atoms with Crippen molar-refractivity contribution in [3.63, 3.8) is 0 Å². The second kappa shape index (κ2) is 3.40. The highest BCUT2D eigenvalue weighted by Crippen LogP contribution is 2.22. The van der Waals surface area contributed by atoms with E-state index in [1.165, 1.54) is 21.2 Å². The van der Waals surface area contributed by atoms with E-state index in [-0.39, 0.29) is 0 Å². The lowest BCUT2D eigenvalue weighted by Crippen LogP contribution is -1.86. The molecular weight excluding hydrogens is 200 g/mol. The lowest BCUT2D eigenvalue weighted by Gasteiger charge is -2.05. The van der Waals surface area contributed by atoms with Gasteiger partial charge in [-0.1, -0.05) is 28.9 Å². The summed E-state index contributed by atoms with van der Waals surface area (Å²) in [6.45, 7) is 6.31.